The van der Waals surface area contributed by atoms with Crippen molar-refractivity contribution in [3.63, 3.8) is 0 Å². The van der Waals surface area contributed by atoms with E-state index in [1.807, 2.05) is 19.1 Å². The standard InChI is InChI=1S/C16H24N4OS.ClH/c1-3-4-15(21)18-16(22)17-13-5-7-14(8-6-13)20-11-9-19(2)10-12-20;/h5-8H,3-4,9-12H2,1-2H3,(H2,17,18,21,22);1H. The number of carbonyl (C=O) groups is 1. The molecule has 1 saturated heterocycles. The van der Waals surface area contributed by atoms with Gasteiger partial charge in [0.25, 0.3) is 0 Å². The highest BCUT2D eigenvalue weighted by atomic mass is 35.5. The fourth-order valence-corrected chi connectivity index (χ4v) is 2.63. The smallest absolute Gasteiger partial charge is 0.226 e. The molecule has 1 aromatic carbocycles. The van der Waals surface area contributed by atoms with E-state index in [0.29, 0.717) is 11.5 Å². The lowest BCUT2D eigenvalue weighted by Crippen LogP contribution is -2.44. The van der Waals surface area contributed by atoms with E-state index >= 15 is 0 Å². The molecule has 0 bridgehead atoms. The summed E-state index contributed by atoms with van der Waals surface area (Å²) in [5.74, 6) is -0.0472. The van der Waals surface area contributed by atoms with Crippen molar-refractivity contribution in [3.8, 4) is 0 Å². The van der Waals surface area contributed by atoms with Crippen molar-refractivity contribution in [2.45, 2.75) is 19.8 Å². The summed E-state index contributed by atoms with van der Waals surface area (Å²) in [7, 11) is 2.15. The molecule has 0 spiro atoms. The Morgan fingerprint density at radius 3 is 2.35 bits per heavy atom. The molecule has 1 aromatic rings. The van der Waals surface area contributed by atoms with Crippen molar-refractivity contribution >= 4 is 47.0 Å². The van der Waals surface area contributed by atoms with Crippen LogP contribution < -0.4 is 15.5 Å². The van der Waals surface area contributed by atoms with Crippen molar-refractivity contribution in [1.82, 2.24) is 10.2 Å². The normalized spacial score (nSPS) is 14.8. The number of halogens is 1. The second-order valence-electron chi connectivity index (χ2n) is 5.59. The summed E-state index contributed by atoms with van der Waals surface area (Å²) in [6, 6.07) is 8.16. The minimum Gasteiger partial charge on any atom is -0.369 e. The first-order chi connectivity index (χ1) is 10.6. The van der Waals surface area contributed by atoms with Crippen molar-refractivity contribution in [1.29, 1.82) is 0 Å². The van der Waals surface area contributed by atoms with Gasteiger partial charge in [0.15, 0.2) is 5.11 Å². The summed E-state index contributed by atoms with van der Waals surface area (Å²) in [5.41, 5.74) is 2.11. The fraction of sp³-hybridized carbons (Fsp3) is 0.500. The zero-order chi connectivity index (χ0) is 15.9. The molecule has 0 atom stereocenters. The van der Waals surface area contributed by atoms with Crippen LogP contribution in [0.25, 0.3) is 0 Å². The van der Waals surface area contributed by atoms with Crippen LogP contribution in [0.15, 0.2) is 24.3 Å². The van der Waals surface area contributed by atoms with E-state index < -0.39 is 0 Å². The number of carbonyl (C=O) groups excluding carboxylic acids is 1. The first-order valence-electron chi connectivity index (χ1n) is 7.73. The molecule has 0 radical (unpaired) electrons. The van der Waals surface area contributed by atoms with E-state index in [4.69, 9.17) is 12.2 Å². The molecule has 1 aliphatic rings. The molecule has 1 heterocycles. The molecular formula is C16H25ClN4OS. The molecule has 23 heavy (non-hydrogen) atoms. The average molecular weight is 357 g/mol. The second-order valence-corrected chi connectivity index (χ2v) is 6.00. The van der Waals surface area contributed by atoms with Crippen LogP contribution in [-0.2, 0) is 4.79 Å². The molecule has 128 valence electrons. The van der Waals surface area contributed by atoms with E-state index in [1.165, 1.54) is 5.69 Å². The van der Waals surface area contributed by atoms with Gasteiger partial charge in [-0.2, -0.15) is 0 Å². The zero-order valence-corrected chi connectivity index (χ0v) is 15.3. The third-order valence-electron chi connectivity index (χ3n) is 3.72. The lowest BCUT2D eigenvalue weighted by Gasteiger charge is -2.34. The van der Waals surface area contributed by atoms with Crippen LogP contribution in [0.1, 0.15) is 19.8 Å². The molecule has 1 amide bonds. The minimum atomic E-state index is -0.0472. The van der Waals surface area contributed by atoms with Gasteiger partial charge < -0.3 is 20.4 Å². The van der Waals surface area contributed by atoms with E-state index in [1.54, 1.807) is 0 Å². The molecule has 0 unspecified atom stereocenters. The maximum atomic E-state index is 11.5. The van der Waals surface area contributed by atoms with E-state index in [0.717, 1.165) is 38.3 Å². The van der Waals surface area contributed by atoms with Crippen molar-refractivity contribution in [2.24, 2.45) is 0 Å². The first-order valence-corrected chi connectivity index (χ1v) is 8.13. The predicted molar refractivity (Wildman–Crippen MR) is 103 cm³/mol. The van der Waals surface area contributed by atoms with Gasteiger partial charge in [0.2, 0.25) is 5.91 Å². The van der Waals surface area contributed by atoms with Gasteiger partial charge in [-0.1, -0.05) is 6.92 Å². The van der Waals surface area contributed by atoms with Gasteiger partial charge in [-0.15, -0.1) is 12.4 Å². The van der Waals surface area contributed by atoms with E-state index in [2.05, 4.69) is 39.6 Å². The van der Waals surface area contributed by atoms with Crippen LogP contribution in [0, 0.1) is 0 Å². The zero-order valence-electron chi connectivity index (χ0n) is 13.7. The third kappa shape index (κ3) is 6.33. The number of likely N-dealkylation sites (N-methyl/N-ethyl adjacent to an activating group) is 1. The highest BCUT2D eigenvalue weighted by Crippen LogP contribution is 2.19. The van der Waals surface area contributed by atoms with Gasteiger partial charge in [-0.3, -0.25) is 4.79 Å². The van der Waals surface area contributed by atoms with Gasteiger partial charge >= 0.3 is 0 Å². The SMILES string of the molecule is CCCC(=O)NC(=S)Nc1ccc(N2CCN(C)CC2)cc1.Cl. The molecule has 0 aromatic heterocycles. The second kappa shape index (κ2) is 9.70. The van der Waals surface area contributed by atoms with E-state index in [9.17, 15) is 4.79 Å². The average Bonchev–Trinajstić information content (AvgIpc) is 2.49. The lowest BCUT2D eigenvalue weighted by atomic mass is 10.2. The Hall–Kier alpha value is -1.37. The summed E-state index contributed by atoms with van der Waals surface area (Å²) in [5, 5.41) is 6.07. The minimum absolute atomic E-state index is 0. The van der Waals surface area contributed by atoms with Crippen molar-refractivity contribution in [3.05, 3.63) is 24.3 Å². The number of thiocarbonyl (C=S) groups is 1. The number of benzene rings is 1. The Bertz CT molecular complexity index is 515. The summed E-state index contributed by atoms with van der Waals surface area (Å²) >= 11 is 5.14. The molecule has 1 aliphatic heterocycles. The molecular weight excluding hydrogens is 332 g/mol. The monoisotopic (exact) mass is 356 g/mol. The van der Waals surface area contributed by atoms with E-state index in [-0.39, 0.29) is 18.3 Å². The molecule has 2 rings (SSSR count). The van der Waals surface area contributed by atoms with Crippen LogP contribution in [-0.4, -0.2) is 49.1 Å². The first kappa shape index (κ1) is 19.7. The third-order valence-corrected chi connectivity index (χ3v) is 3.93. The molecule has 0 aliphatic carbocycles. The Morgan fingerprint density at radius 2 is 1.78 bits per heavy atom. The van der Waals surface area contributed by atoms with Crippen molar-refractivity contribution in [2.75, 3.05) is 43.4 Å². The number of rotatable bonds is 4. The summed E-state index contributed by atoms with van der Waals surface area (Å²) in [6.07, 6.45) is 1.30. The highest BCUT2D eigenvalue weighted by Gasteiger charge is 2.14. The van der Waals surface area contributed by atoms with Gasteiger partial charge in [0.05, 0.1) is 0 Å². The van der Waals surface area contributed by atoms with Crippen LogP contribution >= 0.6 is 24.6 Å². The van der Waals surface area contributed by atoms with Crippen LogP contribution in [0.4, 0.5) is 11.4 Å². The van der Waals surface area contributed by atoms with Gasteiger partial charge in [-0.25, -0.2) is 0 Å². The quantitative estimate of drug-likeness (QED) is 0.812. The topological polar surface area (TPSA) is 47.6 Å². The lowest BCUT2D eigenvalue weighted by molar-refractivity contribution is -0.119. The number of hydrogen-bond donors (Lipinski definition) is 2. The Balaban J connectivity index is 0.00000264. The molecule has 7 heteroatoms. The number of nitrogens with zero attached hydrogens (tertiary/aromatic N) is 2. The Kier molecular flexibility index (Phi) is 8.30. The number of nitrogens with one attached hydrogen (secondary N) is 2. The largest absolute Gasteiger partial charge is 0.369 e. The maximum Gasteiger partial charge on any atom is 0.226 e. The Labute approximate surface area is 149 Å². The molecule has 5 nitrogen and oxygen atoms in total. The maximum absolute atomic E-state index is 11.5. The molecule has 1 fully saturated rings. The number of hydrogen-bond acceptors (Lipinski definition) is 4. The fourth-order valence-electron chi connectivity index (χ4n) is 2.40. The summed E-state index contributed by atoms with van der Waals surface area (Å²) < 4.78 is 0. The van der Waals surface area contributed by atoms with Gasteiger partial charge in [0.1, 0.15) is 0 Å². The molecule has 0 saturated carbocycles. The summed E-state index contributed by atoms with van der Waals surface area (Å²) in [6.45, 7) is 6.25. The molecule has 2 N–H and O–H groups in total. The van der Waals surface area contributed by atoms with Crippen LogP contribution in [0.5, 0.6) is 0 Å². The van der Waals surface area contributed by atoms with Gasteiger partial charge in [-0.05, 0) is 50.0 Å². The number of amides is 1. The summed E-state index contributed by atoms with van der Waals surface area (Å²) in [4.78, 5) is 16.2. The number of piperazine rings is 1. The highest BCUT2D eigenvalue weighted by molar-refractivity contribution is 7.80. The van der Waals surface area contributed by atoms with Gasteiger partial charge in [0, 0.05) is 44.0 Å². The predicted octanol–water partition coefficient (Wildman–Crippen LogP) is 2.47. The Morgan fingerprint density at radius 1 is 1.17 bits per heavy atom. The van der Waals surface area contributed by atoms with Crippen LogP contribution in [0.2, 0.25) is 0 Å². The van der Waals surface area contributed by atoms with Crippen molar-refractivity contribution < 1.29 is 4.79 Å². The number of anilines is 2. The van der Waals surface area contributed by atoms with Crippen LogP contribution in [0.3, 0.4) is 0 Å².